The third kappa shape index (κ3) is 15.8. The molecule has 6 aromatic rings. The average molecular weight is 1060 g/mol. The summed E-state index contributed by atoms with van der Waals surface area (Å²) in [4.78, 5) is 39.8. The monoisotopic (exact) mass is 1060 g/mol. The predicted molar refractivity (Wildman–Crippen MR) is 275 cm³/mol. The minimum Gasteiger partial charge on any atom is -0.495 e. The van der Waals surface area contributed by atoms with Crippen molar-refractivity contribution in [2.75, 3.05) is 104 Å². The molecule has 1 aliphatic heterocycles. The Bertz CT molecular complexity index is 3040. The molecular formula is C54H61F5N8O9. The summed E-state index contributed by atoms with van der Waals surface area (Å²) in [6.45, 7) is 4.98. The molecule has 2 amide bonds. The van der Waals surface area contributed by atoms with E-state index in [1.54, 1.807) is 53.2 Å². The fourth-order valence-electron chi connectivity index (χ4n) is 8.56. The van der Waals surface area contributed by atoms with E-state index in [1.165, 1.54) is 25.3 Å². The number of anilines is 2. The molecule has 1 aliphatic rings. The average Bonchev–Trinajstić information content (AvgIpc) is 3.92. The van der Waals surface area contributed by atoms with Crippen molar-refractivity contribution in [3.05, 3.63) is 123 Å². The van der Waals surface area contributed by atoms with Crippen LogP contribution >= 0.6 is 0 Å². The van der Waals surface area contributed by atoms with Crippen LogP contribution in [0.15, 0.2) is 88.3 Å². The first-order chi connectivity index (χ1) is 36.6. The van der Waals surface area contributed by atoms with Gasteiger partial charge in [0, 0.05) is 66.7 Å². The minimum atomic E-state index is -4.55. The van der Waals surface area contributed by atoms with Gasteiger partial charge in [-0.25, -0.2) is 8.78 Å². The van der Waals surface area contributed by atoms with E-state index in [0.29, 0.717) is 42.1 Å². The standard InChI is InChI=1S/C54H61F5N8O9/c1-35-52(36(2)76-64-35)38-13-14-51(69)66(31-38)30-37-8-5-10-40(26-37)75-33-50(68)61-17-20-72-22-24-74-25-23-73-21-18-62-53(70)41-28-49(71-4)47(29-43(41)55)60-16-7-9-39-27-42-45(63-46-15-19-65(3)32-44(46)56)11-6-12-48(42)67(39)34-54(57,58)59/h5-6,8,10-14,26-29,31,44,46,60,63H,15-25,30,32-34H2,1-4H3,(H,61,68)(H,62,70)/t44-,46+/m0/s1. The number of hydrogen-bond acceptors (Lipinski definition) is 13. The number of fused-ring (bicyclic) bond motifs is 1. The first kappa shape index (κ1) is 56.3. The van der Waals surface area contributed by atoms with Gasteiger partial charge in [-0.3, -0.25) is 14.4 Å². The topological polar surface area (TPSA) is 185 Å². The Morgan fingerprint density at radius 3 is 2.36 bits per heavy atom. The van der Waals surface area contributed by atoms with Crippen molar-refractivity contribution in [2.24, 2.45) is 0 Å². The van der Waals surface area contributed by atoms with Gasteiger partial charge in [0.1, 0.15) is 35.8 Å². The molecule has 76 heavy (non-hydrogen) atoms. The lowest BCUT2D eigenvalue weighted by Gasteiger charge is -2.33. The summed E-state index contributed by atoms with van der Waals surface area (Å²) in [5, 5.41) is 15.9. The van der Waals surface area contributed by atoms with Crippen LogP contribution in [0.2, 0.25) is 0 Å². The molecule has 406 valence electrons. The van der Waals surface area contributed by atoms with Crippen LogP contribution in [-0.2, 0) is 32.1 Å². The van der Waals surface area contributed by atoms with Crippen molar-refractivity contribution in [1.29, 1.82) is 0 Å². The molecule has 0 spiro atoms. The Kier molecular flexibility index (Phi) is 19.9. The second kappa shape index (κ2) is 26.9. The number of nitrogens with one attached hydrogen (secondary N) is 4. The number of halogens is 5. The second-order valence-corrected chi connectivity index (χ2v) is 17.9. The maximum absolute atomic E-state index is 15.2. The van der Waals surface area contributed by atoms with E-state index in [4.69, 9.17) is 28.2 Å². The van der Waals surface area contributed by atoms with Crippen LogP contribution in [0.4, 0.5) is 33.3 Å². The molecule has 1 saturated heterocycles. The summed E-state index contributed by atoms with van der Waals surface area (Å²) in [5.41, 5.74) is 3.80. The van der Waals surface area contributed by atoms with E-state index < -0.39 is 36.7 Å². The first-order valence-corrected chi connectivity index (χ1v) is 24.6. The van der Waals surface area contributed by atoms with E-state index in [2.05, 4.69) is 38.3 Å². The Labute approximate surface area is 435 Å². The molecule has 0 unspecified atom stereocenters. The molecule has 1 fully saturated rings. The van der Waals surface area contributed by atoms with Crippen LogP contribution in [0.5, 0.6) is 11.5 Å². The SMILES string of the molecule is COc1cc(C(=O)NCCOCCOCCOCCNC(=O)COc2cccc(Cn3cc(-c4c(C)noc4C)ccc3=O)c2)c(F)cc1NCC#Cc1cc2c(N[C@@H]3CCN(C)C[C@@H]3F)cccc2n1CC(F)(F)F. The Morgan fingerprint density at radius 2 is 1.64 bits per heavy atom. The molecule has 4 heterocycles. The highest BCUT2D eigenvalue weighted by atomic mass is 19.4. The summed E-state index contributed by atoms with van der Waals surface area (Å²) in [6.07, 6.45) is -3.41. The van der Waals surface area contributed by atoms with Crippen molar-refractivity contribution >= 4 is 34.1 Å². The van der Waals surface area contributed by atoms with Gasteiger partial charge in [0.2, 0.25) is 0 Å². The zero-order valence-electron chi connectivity index (χ0n) is 42.6. The Hall–Kier alpha value is -7.45. The number of aromatic nitrogens is 3. The summed E-state index contributed by atoms with van der Waals surface area (Å²) in [7, 11) is 3.17. The van der Waals surface area contributed by atoms with Crippen molar-refractivity contribution in [3.8, 4) is 34.5 Å². The van der Waals surface area contributed by atoms with Crippen LogP contribution in [0.25, 0.3) is 22.0 Å². The van der Waals surface area contributed by atoms with E-state index in [1.807, 2.05) is 31.9 Å². The van der Waals surface area contributed by atoms with Crippen LogP contribution in [0, 0.1) is 31.5 Å². The van der Waals surface area contributed by atoms with E-state index >= 15 is 4.39 Å². The van der Waals surface area contributed by atoms with Gasteiger partial charge in [-0.1, -0.05) is 29.3 Å². The number of hydrogen-bond donors (Lipinski definition) is 4. The van der Waals surface area contributed by atoms with Crippen molar-refractivity contribution < 1.29 is 59.7 Å². The number of piperidine rings is 1. The largest absolute Gasteiger partial charge is 0.495 e. The number of likely N-dealkylation sites (tertiary alicyclic amines) is 1. The van der Waals surface area contributed by atoms with Crippen molar-refractivity contribution in [1.82, 2.24) is 29.8 Å². The zero-order valence-corrected chi connectivity index (χ0v) is 42.6. The molecule has 22 heteroatoms. The highest BCUT2D eigenvalue weighted by Crippen LogP contribution is 2.33. The highest BCUT2D eigenvalue weighted by Gasteiger charge is 2.31. The number of pyridine rings is 1. The maximum Gasteiger partial charge on any atom is 0.406 e. The number of ether oxygens (including phenoxy) is 5. The van der Waals surface area contributed by atoms with Gasteiger partial charge >= 0.3 is 6.18 Å². The van der Waals surface area contributed by atoms with Crippen LogP contribution in [0.1, 0.15) is 39.5 Å². The molecule has 0 saturated carbocycles. The summed E-state index contributed by atoms with van der Waals surface area (Å²) < 4.78 is 107. The molecule has 7 rings (SSSR count). The number of carbonyl (C=O) groups is 2. The van der Waals surface area contributed by atoms with Gasteiger partial charge in [-0.2, -0.15) is 13.2 Å². The lowest BCUT2D eigenvalue weighted by Crippen LogP contribution is -2.46. The predicted octanol–water partition coefficient (Wildman–Crippen LogP) is 6.73. The number of aryl methyl sites for hydroxylation is 2. The minimum absolute atomic E-state index is 0.0723. The smallest absolute Gasteiger partial charge is 0.406 e. The number of amides is 2. The van der Waals surface area contributed by atoms with Gasteiger partial charge < -0.3 is 63.5 Å². The third-order valence-corrected chi connectivity index (χ3v) is 12.3. The van der Waals surface area contributed by atoms with Gasteiger partial charge in [0.25, 0.3) is 17.4 Å². The normalized spacial score (nSPS) is 14.8. The Balaban J connectivity index is 0.755. The van der Waals surface area contributed by atoms with E-state index in [9.17, 15) is 31.9 Å². The van der Waals surface area contributed by atoms with Gasteiger partial charge in [0.15, 0.2) is 6.61 Å². The fraction of sp³-hybridized carbons (Fsp3) is 0.407. The van der Waals surface area contributed by atoms with Crippen molar-refractivity contribution in [3.63, 3.8) is 0 Å². The van der Waals surface area contributed by atoms with Crippen LogP contribution in [-0.4, -0.2) is 143 Å². The number of carbonyl (C=O) groups excluding carboxylic acids is 2. The molecule has 0 aliphatic carbocycles. The summed E-state index contributed by atoms with van der Waals surface area (Å²) >= 11 is 0. The first-order valence-electron chi connectivity index (χ1n) is 24.6. The fourth-order valence-corrected chi connectivity index (χ4v) is 8.56. The Morgan fingerprint density at radius 1 is 0.908 bits per heavy atom. The van der Waals surface area contributed by atoms with E-state index in [0.717, 1.165) is 33.0 Å². The molecule has 3 aromatic carbocycles. The second-order valence-electron chi connectivity index (χ2n) is 17.9. The zero-order chi connectivity index (χ0) is 54.2. The third-order valence-electron chi connectivity index (χ3n) is 12.3. The number of benzene rings is 3. The molecule has 2 atom stereocenters. The van der Waals surface area contributed by atoms with Gasteiger partial charge in [0.05, 0.1) is 94.0 Å². The van der Waals surface area contributed by atoms with Crippen molar-refractivity contribution in [2.45, 2.75) is 51.7 Å². The van der Waals surface area contributed by atoms with E-state index in [-0.39, 0.29) is 112 Å². The number of rotatable bonds is 25. The molecule has 3 aromatic heterocycles. The molecular weight excluding hydrogens is 1000 g/mol. The van der Waals surface area contributed by atoms with Gasteiger partial charge in [-0.05, 0) is 81.3 Å². The quantitative estimate of drug-likeness (QED) is 0.0269. The van der Waals surface area contributed by atoms with Gasteiger partial charge in [-0.15, -0.1) is 0 Å². The van der Waals surface area contributed by atoms with Crippen LogP contribution in [0.3, 0.4) is 0 Å². The lowest BCUT2D eigenvalue weighted by molar-refractivity contribution is -0.140. The number of methoxy groups -OCH3 is 1. The molecule has 4 N–H and O–H groups in total. The van der Waals surface area contributed by atoms with Crippen LogP contribution < -0.4 is 36.3 Å². The number of nitrogens with zero attached hydrogens (tertiary/aromatic N) is 4. The molecule has 17 nitrogen and oxygen atoms in total. The maximum atomic E-state index is 15.2. The summed E-state index contributed by atoms with van der Waals surface area (Å²) in [6, 6.07) is 18.6. The molecule has 0 bridgehead atoms. The summed E-state index contributed by atoms with van der Waals surface area (Å²) in [5.74, 6) is 4.98. The lowest BCUT2D eigenvalue weighted by atomic mass is 10.0. The highest BCUT2D eigenvalue weighted by molar-refractivity contribution is 5.96. The number of alkyl halides is 4. The molecule has 0 radical (unpaired) electrons.